The lowest BCUT2D eigenvalue weighted by molar-refractivity contribution is -0.0569. The fraction of sp³-hybridized carbons (Fsp3) is 1.00. The number of hydrogen-bond acceptors (Lipinski definition) is 0. The van der Waals surface area contributed by atoms with Crippen LogP contribution in [0.4, 0.5) is 0 Å². The molecule has 1 fully saturated rings. The number of rotatable bonds is 0. The molecule has 0 aromatic heterocycles. The molecule has 1 aliphatic carbocycles. The Labute approximate surface area is 96.8 Å². The zero-order valence-corrected chi connectivity index (χ0v) is 11.9. The van der Waals surface area contributed by atoms with E-state index in [2.05, 4.69) is 48.5 Å². The summed E-state index contributed by atoms with van der Waals surface area (Å²) in [6.07, 6.45) is 5.71. The molecule has 15 heavy (non-hydrogen) atoms. The van der Waals surface area contributed by atoms with Gasteiger partial charge in [0.15, 0.2) is 0 Å². The van der Waals surface area contributed by atoms with Gasteiger partial charge in [0.2, 0.25) is 0 Å². The van der Waals surface area contributed by atoms with Crippen LogP contribution in [-0.4, -0.2) is 0 Å². The van der Waals surface area contributed by atoms with Crippen molar-refractivity contribution in [3.8, 4) is 0 Å². The molecule has 0 amide bonds. The molecule has 0 nitrogen and oxygen atoms in total. The summed E-state index contributed by atoms with van der Waals surface area (Å²) in [5, 5.41) is 0. The minimum atomic E-state index is 0.436. The molecular formula is C15H30. The Bertz CT molecular complexity index is 213. The normalized spacial score (nSPS) is 34.2. The lowest BCUT2D eigenvalue weighted by Gasteiger charge is -2.55. The van der Waals surface area contributed by atoms with E-state index in [1.807, 2.05) is 0 Å². The molecule has 0 unspecified atom stereocenters. The molecule has 1 rings (SSSR count). The Balaban J connectivity index is 3.02. The first kappa shape index (κ1) is 13.1. The maximum Gasteiger partial charge on any atom is -0.0244 e. The molecule has 90 valence electrons. The summed E-state index contributed by atoms with van der Waals surface area (Å²) in [6, 6.07) is 0. The van der Waals surface area contributed by atoms with Gasteiger partial charge in [0.25, 0.3) is 0 Å². The molecule has 0 heterocycles. The van der Waals surface area contributed by atoms with Crippen molar-refractivity contribution in [1.82, 2.24) is 0 Å². The third-order valence-electron chi connectivity index (χ3n) is 4.97. The smallest absolute Gasteiger partial charge is 0.0244 e. The van der Waals surface area contributed by atoms with Crippen LogP contribution in [0.15, 0.2) is 0 Å². The van der Waals surface area contributed by atoms with E-state index in [1.165, 1.54) is 25.7 Å². The lowest BCUT2D eigenvalue weighted by Crippen LogP contribution is -2.47. The Kier molecular flexibility index (Phi) is 3.30. The van der Waals surface area contributed by atoms with Crippen LogP contribution < -0.4 is 0 Å². The summed E-state index contributed by atoms with van der Waals surface area (Å²) >= 11 is 0. The van der Waals surface area contributed by atoms with Crippen molar-refractivity contribution in [2.45, 2.75) is 74.1 Å². The molecule has 0 spiro atoms. The van der Waals surface area contributed by atoms with Gasteiger partial charge >= 0.3 is 0 Å². The average molecular weight is 210 g/mol. The quantitative estimate of drug-likeness (QED) is 0.510. The zero-order chi connectivity index (χ0) is 11.9. The van der Waals surface area contributed by atoms with Crippen molar-refractivity contribution < 1.29 is 0 Å². The molecule has 0 aromatic rings. The second-order valence-corrected chi connectivity index (χ2v) is 7.83. The second kappa shape index (κ2) is 3.79. The van der Waals surface area contributed by atoms with E-state index < -0.39 is 0 Å². The van der Waals surface area contributed by atoms with Gasteiger partial charge in [-0.3, -0.25) is 0 Å². The van der Waals surface area contributed by atoms with Gasteiger partial charge in [0.1, 0.15) is 0 Å². The van der Waals surface area contributed by atoms with Crippen LogP contribution in [0.1, 0.15) is 74.1 Å². The summed E-state index contributed by atoms with van der Waals surface area (Å²) in [5.74, 6) is 0.874. The van der Waals surface area contributed by atoms with Gasteiger partial charge in [0.05, 0.1) is 0 Å². The summed E-state index contributed by atoms with van der Waals surface area (Å²) in [7, 11) is 0. The predicted octanol–water partition coefficient (Wildman–Crippen LogP) is 5.28. The van der Waals surface area contributed by atoms with Crippen LogP contribution in [0.25, 0.3) is 0 Å². The summed E-state index contributed by atoms with van der Waals surface area (Å²) in [6.45, 7) is 17.1. The van der Waals surface area contributed by atoms with Crippen LogP contribution >= 0.6 is 0 Å². The fourth-order valence-corrected chi connectivity index (χ4v) is 3.62. The minimum Gasteiger partial charge on any atom is -0.0599 e. The van der Waals surface area contributed by atoms with Crippen molar-refractivity contribution in [2.24, 2.45) is 22.2 Å². The van der Waals surface area contributed by atoms with E-state index in [1.54, 1.807) is 0 Å². The van der Waals surface area contributed by atoms with E-state index in [0.717, 1.165) is 5.92 Å². The van der Waals surface area contributed by atoms with Crippen molar-refractivity contribution in [1.29, 1.82) is 0 Å². The van der Waals surface area contributed by atoms with Crippen molar-refractivity contribution in [2.75, 3.05) is 0 Å². The van der Waals surface area contributed by atoms with Gasteiger partial charge in [-0.2, -0.15) is 0 Å². The highest BCUT2D eigenvalue weighted by Crippen LogP contribution is 2.57. The summed E-state index contributed by atoms with van der Waals surface area (Å²) < 4.78 is 0. The molecule has 0 bridgehead atoms. The maximum absolute atomic E-state index is 2.53. The fourth-order valence-electron chi connectivity index (χ4n) is 3.62. The Morgan fingerprint density at radius 1 is 0.933 bits per heavy atom. The highest BCUT2D eigenvalue weighted by atomic mass is 14.5. The second-order valence-electron chi connectivity index (χ2n) is 7.83. The van der Waals surface area contributed by atoms with Crippen LogP contribution in [0.3, 0.4) is 0 Å². The largest absolute Gasteiger partial charge is 0.0599 e. The monoisotopic (exact) mass is 210 g/mol. The SMILES string of the molecule is CC(C)(C)[C@@H]1CCCC[C@@]1(C)C(C)(C)C. The predicted molar refractivity (Wildman–Crippen MR) is 69.0 cm³/mol. The molecule has 0 radical (unpaired) electrons. The molecule has 0 saturated heterocycles. The minimum absolute atomic E-state index is 0.436. The van der Waals surface area contributed by atoms with E-state index in [0.29, 0.717) is 16.2 Å². The molecule has 2 atom stereocenters. The van der Waals surface area contributed by atoms with E-state index >= 15 is 0 Å². The lowest BCUT2D eigenvalue weighted by atomic mass is 9.50. The summed E-state index contributed by atoms with van der Waals surface area (Å²) in [4.78, 5) is 0. The Hall–Kier alpha value is 0. The third-order valence-corrected chi connectivity index (χ3v) is 4.97. The molecule has 0 heteroatoms. The topological polar surface area (TPSA) is 0 Å². The van der Waals surface area contributed by atoms with Crippen LogP contribution in [0.5, 0.6) is 0 Å². The van der Waals surface area contributed by atoms with Gasteiger partial charge in [-0.05, 0) is 35.0 Å². The van der Waals surface area contributed by atoms with Crippen molar-refractivity contribution in [3.63, 3.8) is 0 Å². The first-order chi connectivity index (χ1) is 6.59. The standard InChI is InChI=1S/C15H30/c1-13(2,3)12-10-8-9-11-15(12,7)14(4,5)6/h12H,8-11H2,1-7H3/t12-,15+/m0/s1. The van der Waals surface area contributed by atoms with Gasteiger partial charge in [-0.25, -0.2) is 0 Å². The molecule has 0 N–H and O–H groups in total. The van der Waals surface area contributed by atoms with Gasteiger partial charge in [-0.15, -0.1) is 0 Å². The molecule has 1 saturated carbocycles. The van der Waals surface area contributed by atoms with E-state index in [-0.39, 0.29) is 0 Å². The molecule has 0 aliphatic heterocycles. The Morgan fingerprint density at radius 2 is 1.47 bits per heavy atom. The molecule has 1 aliphatic rings. The molecular weight excluding hydrogens is 180 g/mol. The molecule has 0 aromatic carbocycles. The highest BCUT2D eigenvalue weighted by Gasteiger charge is 2.49. The van der Waals surface area contributed by atoms with Gasteiger partial charge < -0.3 is 0 Å². The van der Waals surface area contributed by atoms with Crippen LogP contribution in [0.2, 0.25) is 0 Å². The van der Waals surface area contributed by atoms with E-state index in [9.17, 15) is 0 Å². The van der Waals surface area contributed by atoms with E-state index in [4.69, 9.17) is 0 Å². The van der Waals surface area contributed by atoms with Crippen molar-refractivity contribution in [3.05, 3.63) is 0 Å². The van der Waals surface area contributed by atoms with Gasteiger partial charge in [0, 0.05) is 0 Å². The van der Waals surface area contributed by atoms with Crippen LogP contribution in [-0.2, 0) is 0 Å². The van der Waals surface area contributed by atoms with Crippen LogP contribution in [0, 0.1) is 22.2 Å². The first-order valence-corrected chi connectivity index (χ1v) is 6.59. The first-order valence-electron chi connectivity index (χ1n) is 6.59. The Morgan fingerprint density at radius 3 is 1.80 bits per heavy atom. The van der Waals surface area contributed by atoms with Gasteiger partial charge in [-0.1, -0.05) is 61.3 Å². The highest BCUT2D eigenvalue weighted by molar-refractivity contribution is 4.98. The number of hydrogen-bond donors (Lipinski definition) is 0. The summed E-state index contributed by atoms with van der Waals surface area (Å²) in [5.41, 5.74) is 1.41. The van der Waals surface area contributed by atoms with Crippen molar-refractivity contribution >= 4 is 0 Å². The average Bonchev–Trinajstić information content (AvgIpc) is 2.00. The maximum atomic E-state index is 2.53. The zero-order valence-electron chi connectivity index (χ0n) is 11.9. The third kappa shape index (κ3) is 2.40.